The number of carbonyl (C=O) groups is 1. The molecular weight excluding hydrogens is 438 g/mol. The molecule has 0 saturated carbocycles. The molecule has 0 N–H and O–H groups in total. The maximum absolute atomic E-state index is 12.3. The van der Waals surface area contributed by atoms with Gasteiger partial charge < -0.3 is 14.2 Å². The van der Waals surface area contributed by atoms with Crippen molar-refractivity contribution < 1.29 is 19.0 Å². The van der Waals surface area contributed by atoms with Crippen molar-refractivity contribution in [1.82, 2.24) is 0 Å². The summed E-state index contributed by atoms with van der Waals surface area (Å²) in [5, 5.41) is 10.1. The highest BCUT2D eigenvalue weighted by molar-refractivity contribution is 6.30. The largest absolute Gasteiger partial charge is 0.493 e. The van der Waals surface area contributed by atoms with Crippen molar-refractivity contribution in [2.75, 3.05) is 13.7 Å². The van der Waals surface area contributed by atoms with Crippen molar-refractivity contribution in [3.63, 3.8) is 0 Å². The number of ether oxygens (including phenoxy) is 3. The van der Waals surface area contributed by atoms with Crippen LogP contribution in [-0.4, -0.2) is 19.7 Å². The Hall–Kier alpha value is -4.01. The molecule has 0 aromatic heterocycles. The third-order valence-electron chi connectivity index (χ3n) is 4.56. The number of methoxy groups -OCH3 is 1. The van der Waals surface area contributed by atoms with E-state index in [1.165, 1.54) is 6.08 Å². The predicted molar refractivity (Wildman–Crippen MR) is 130 cm³/mol. The number of nitrogens with zero attached hydrogens (tertiary/aromatic N) is 1. The number of benzene rings is 3. The number of rotatable bonds is 8. The van der Waals surface area contributed by atoms with Crippen molar-refractivity contribution in [2.24, 2.45) is 0 Å². The first kappa shape index (κ1) is 23.6. The van der Waals surface area contributed by atoms with E-state index in [2.05, 4.69) is 6.07 Å². The van der Waals surface area contributed by atoms with Gasteiger partial charge in [-0.05, 0) is 72.2 Å². The molecule has 33 heavy (non-hydrogen) atoms. The topological polar surface area (TPSA) is 68.5 Å². The lowest BCUT2D eigenvalue weighted by atomic mass is 10.0. The molecule has 0 aliphatic heterocycles. The number of hydrogen-bond acceptors (Lipinski definition) is 5. The van der Waals surface area contributed by atoms with Gasteiger partial charge >= 0.3 is 5.97 Å². The molecule has 0 heterocycles. The molecule has 0 spiro atoms. The zero-order chi connectivity index (χ0) is 23.6. The van der Waals surface area contributed by atoms with Gasteiger partial charge in [-0.1, -0.05) is 41.9 Å². The SMILES string of the molecule is CCOc1ccc(/C=C/C(=O)Oc2cccc(/C=C(/C#N)c3ccc(Cl)cc3)c2)cc1OC. The van der Waals surface area contributed by atoms with Gasteiger partial charge in [0.25, 0.3) is 0 Å². The van der Waals surface area contributed by atoms with Crippen LogP contribution in [0.5, 0.6) is 17.2 Å². The summed E-state index contributed by atoms with van der Waals surface area (Å²) in [5.41, 5.74) is 2.72. The monoisotopic (exact) mass is 459 g/mol. The smallest absolute Gasteiger partial charge is 0.336 e. The van der Waals surface area contributed by atoms with E-state index >= 15 is 0 Å². The fraction of sp³-hybridized carbons (Fsp3) is 0.111. The Labute approximate surface area is 198 Å². The minimum atomic E-state index is -0.526. The van der Waals surface area contributed by atoms with E-state index in [0.29, 0.717) is 34.5 Å². The lowest BCUT2D eigenvalue weighted by Gasteiger charge is -2.09. The van der Waals surface area contributed by atoms with E-state index < -0.39 is 5.97 Å². The third kappa shape index (κ3) is 6.73. The van der Waals surface area contributed by atoms with Crippen molar-refractivity contribution in [3.05, 3.63) is 94.5 Å². The number of allylic oxidation sites excluding steroid dienone is 1. The van der Waals surface area contributed by atoms with Gasteiger partial charge in [-0.3, -0.25) is 0 Å². The first-order chi connectivity index (χ1) is 16.0. The van der Waals surface area contributed by atoms with E-state index in [1.54, 1.807) is 73.9 Å². The second kappa shape index (κ2) is 11.6. The maximum Gasteiger partial charge on any atom is 0.336 e. The van der Waals surface area contributed by atoms with Crippen molar-refractivity contribution >= 4 is 35.3 Å². The predicted octanol–water partition coefficient (Wildman–Crippen LogP) is 6.43. The van der Waals surface area contributed by atoms with Gasteiger partial charge in [-0.2, -0.15) is 5.26 Å². The van der Waals surface area contributed by atoms with Crippen LogP contribution in [0.1, 0.15) is 23.6 Å². The summed E-state index contributed by atoms with van der Waals surface area (Å²) in [6.45, 7) is 2.43. The van der Waals surface area contributed by atoms with Gasteiger partial charge in [0, 0.05) is 11.1 Å². The lowest BCUT2D eigenvalue weighted by Crippen LogP contribution is -2.03. The third-order valence-corrected chi connectivity index (χ3v) is 4.81. The van der Waals surface area contributed by atoms with Crippen molar-refractivity contribution in [1.29, 1.82) is 5.26 Å². The quantitative estimate of drug-likeness (QED) is 0.128. The van der Waals surface area contributed by atoms with Crippen molar-refractivity contribution in [3.8, 4) is 23.3 Å². The van der Waals surface area contributed by atoms with Crippen LogP contribution >= 0.6 is 11.6 Å². The summed E-state index contributed by atoms with van der Waals surface area (Å²) < 4.78 is 16.2. The summed E-state index contributed by atoms with van der Waals surface area (Å²) in [7, 11) is 1.56. The number of hydrogen-bond donors (Lipinski definition) is 0. The average Bonchev–Trinajstić information content (AvgIpc) is 2.83. The molecule has 6 heteroatoms. The maximum atomic E-state index is 12.3. The summed E-state index contributed by atoms with van der Waals surface area (Å²) in [4.78, 5) is 12.3. The average molecular weight is 460 g/mol. The second-order valence-electron chi connectivity index (χ2n) is 6.85. The van der Waals surface area contributed by atoms with Crippen LogP contribution in [0.15, 0.2) is 72.8 Å². The summed E-state index contributed by atoms with van der Waals surface area (Å²) >= 11 is 5.92. The van der Waals surface area contributed by atoms with Crippen LogP contribution in [-0.2, 0) is 4.79 Å². The van der Waals surface area contributed by atoms with E-state index in [-0.39, 0.29) is 0 Å². The fourth-order valence-corrected chi connectivity index (χ4v) is 3.15. The molecule has 0 radical (unpaired) electrons. The molecule has 0 unspecified atom stereocenters. The van der Waals surface area contributed by atoms with Crippen LogP contribution < -0.4 is 14.2 Å². The Morgan fingerprint density at radius 2 is 1.82 bits per heavy atom. The molecular formula is C27H22ClNO4. The molecule has 0 amide bonds. The molecule has 0 fully saturated rings. The molecule has 0 bridgehead atoms. The fourth-order valence-electron chi connectivity index (χ4n) is 3.02. The highest BCUT2D eigenvalue weighted by atomic mass is 35.5. The highest BCUT2D eigenvalue weighted by Crippen LogP contribution is 2.28. The van der Waals surface area contributed by atoms with Gasteiger partial charge in [-0.25, -0.2) is 4.79 Å². The minimum absolute atomic E-state index is 0.371. The van der Waals surface area contributed by atoms with Gasteiger partial charge in [-0.15, -0.1) is 0 Å². The molecule has 5 nitrogen and oxygen atoms in total. The number of carbonyl (C=O) groups excluding carboxylic acids is 1. The Morgan fingerprint density at radius 3 is 2.52 bits per heavy atom. The Balaban J connectivity index is 1.71. The van der Waals surface area contributed by atoms with Gasteiger partial charge in [0.05, 0.1) is 25.4 Å². The second-order valence-corrected chi connectivity index (χ2v) is 7.28. The molecule has 3 aromatic rings. The number of esters is 1. The standard InChI is InChI=1S/C27H22ClNO4/c1-3-32-25-13-7-19(17-26(25)31-2)8-14-27(30)33-24-6-4-5-20(16-24)15-22(18-29)21-9-11-23(28)12-10-21/h4-17H,3H2,1-2H3/b14-8+,22-15-. The molecule has 3 rings (SSSR count). The first-order valence-electron chi connectivity index (χ1n) is 10.2. The van der Waals surface area contributed by atoms with E-state index in [4.69, 9.17) is 25.8 Å². The van der Waals surface area contributed by atoms with Crippen molar-refractivity contribution in [2.45, 2.75) is 6.92 Å². The van der Waals surface area contributed by atoms with Crippen LogP contribution in [0.25, 0.3) is 17.7 Å². The van der Waals surface area contributed by atoms with Gasteiger partial charge in [0.1, 0.15) is 5.75 Å². The minimum Gasteiger partial charge on any atom is -0.493 e. The van der Waals surface area contributed by atoms with Crippen LogP contribution in [0.3, 0.4) is 0 Å². The van der Waals surface area contributed by atoms with E-state index in [9.17, 15) is 10.1 Å². The van der Waals surface area contributed by atoms with Crippen LogP contribution in [0.4, 0.5) is 0 Å². The normalized spacial score (nSPS) is 11.2. The van der Waals surface area contributed by atoms with Gasteiger partial charge in [0.15, 0.2) is 11.5 Å². The Bertz CT molecular complexity index is 1220. The van der Waals surface area contributed by atoms with E-state index in [1.807, 2.05) is 19.1 Å². The number of nitriles is 1. The van der Waals surface area contributed by atoms with E-state index in [0.717, 1.165) is 16.7 Å². The molecule has 166 valence electrons. The summed E-state index contributed by atoms with van der Waals surface area (Å²) in [6, 6.07) is 21.5. The Kier molecular flexibility index (Phi) is 8.29. The number of halogens is 1. The zero-order valence-corrected chi connectivity index (χ0v) is 19.0. The highest BCUT2D eigenvalue weighted by Gasteiger charge is 2.06. The van der Waals surface area contributed by atoms with Gasteiger partial charge in [0.2, 0.25) is 0 Å². The summed E-state index contributed by atoms with van der Waals surface area (Å²) in [5.74, 6) is 1.07. The first-order valence-corrected chi connectivity index (χ1v) is 10.6. The lowest BCUT2D eigenvalue weighted by molar-refractivity contribution is -0.128. The van der Waals surface area contributed by atoms with Crippen LogP contribution in [0.2, 0.25) is 5.02 Å². The molecule has 3 aromatic carbocycles. The Morgan fingerprint density at radius 1 is 1.03 bits per heavy atom. The summed E-state index contributed by atoms with van der Waals surface area (Å²) in [6.07, 6.45) is 4.70. The molecule has 0 aliphatic rings. The molecule has 0 aliphatic carbocycles. The zero-order valence-electron chi connectivity index (χ0n) is 18.2. The molecule has 0 atom stereocenters. The van der Waals surface area contributed by atoms with Crippen LogP contribution in [0, 0.1) is 11.3 Å². The molecule has 0 saturated heterocycles.